The molecule has 2 unspecified atom stereocenters. The Morgan fingerprint density at radius 2 is 2.16 bits per heavy atom. The van der Waals surface area contributed by atoms with E-state index in [1.807, 2.05) is 12.1 Å². The van der Waals surface area contributed by atoms with Crippen LogP contribution in [0.1, 0.15) is 18.4 Å². The second kappa shape index (κ2) is 5.93. The van der Waals surface area contributed by atoms with Gasteiger partial charge in [-0.3, -0.25) is 0 Å². The monoisotopic (exact) mass is 278 g/mol. The lowest BCUT2D eigenvalue weighted by Gasteiger charge is -2.21. The normalized spacial score (nSPS) is 26.9. The zero-order valence-electron chi connectivity index (χ0n) is 10.9. The average molecular weight is 279 g/mol. The standard InChI is InChI=1S/C15H19ClN2O/c16-13-5-3-11(4-6-13)8-14-10-19-15(18-14)12-2-1-7-17-9-12/h3-6,12,14,17H,1-2,7-10H2. The number of hydrogen-bond donors (Lipinski definition) is 1. The summed E-state index contributed by atoms with van der Waals surface area (Å²) in [5.41, 5.74) is 1.27. The zero-order valence-corrected chi connectivity index (χ0v) is 11.7. The van der Waals surface area contributed by atoms with Gasteiger partial charge < -0.3 is 10.1 Å². The molecule has 1 N–H and O–H groups in total. The van der Waals surface area contributed by atoms with E-state index < -0.39 is 0 Å². The second-order valence-electron chi connectivity index (χ2n) is 5.31. The lowest BCUT2D eigenvalue weighted by Crippen LogP contribution is -2.34. The maximum Gasteiger partial charge on any atom is 0.188 e. The lowest BCUT2D eigenvalue weighted by molar-refractivity contribution is 0.285. The molecule has 2 aliphatic rings. The molecule has 0 aliphatic carbocycles. The SMILES string of the molecule is Clc1ccc(CC2COC(C3CCCNC3)=N2)cc1. The predicted octanol–water partition coefficient (Wildman–Crippen LogP) is 2.68. The van der Waals surface area contributed by atoms with Crippen LogP contribution >= 0.6 is 11.6 Å². The molecule has 0 aromatic heterocycles. The number of hydrogen-bond acceptors (Lipinski definition) is 3. The van der Waals surface area contributed by atoms with Crippen molar-refractivity contribution in [1.29, 1.82) is 0 Å². The molecule has 19 heavy (non-hydrogen) atoms. The summed E-state index contributed by atoms with van der Waals surface area (Å²) in [7, 11) is 0. The number of piperidine rings is 1. The molecular formula is C15H19ClN2O. The van der Waals surface area contributed by atoms with Crippen molar-refractivity contribution in [3.63, 3.8) is 0 Å². The highest BCUT2D eigenvalue weighted by atomic mass is 35.5. The van der Waals surface area contributed by atoms with Crippen molar-refractivity contribution < 1.29 is 4.74 Å². The van der Waals surface area contributed by atoms with E-state index in [9.17, 15) is 0 Å². The molecule has 0 amide bonds. The minimum atomic E-state index is 0.262. The third-order valence-corrected chi connectivity index (χ3v) is 4.02. The molecule has 0 saturated carbocycles. The fraction of sp³-hybridized carbons (Fsp3) is 0.533. The van der Waals surface area contributed by atoms with Crippen LogP contribution in [0.2, 0.25) is 5.02 Å². The number of nitrogens with one attached hydrogen (secondary N) is 1. The van der Waals surface area contributed by atoms with Gasteiger partial charge in [0.15, 0.2) is 5.90 Å². The van der Waals surface area contributed by atoms with Crippen LogP contribution < -0.4 is 5.32 Å². The largest absolute Gasteiger partial charge is 0.478 e. The summed E-state index contributed by atoms with van der Waals surface area (Å²) in [6.45, 7) is 2.85. The van der Waals surface area contributed by atoms with E-state index >= 15 is 0 Å². The van der Waals surface area contributed by atoms with Crippen molar-refractivity contribution in [2.24, 2.45) is 10.9 Å². The zero-order chi connectivity index (χ0) is 13.1. The van der Waals surface area contributed by atoms with Gasteiger partial charge >= 0.3 is 0 Å². The Balaban J connectivity index is 1.60. The topological polar surface area (TPSA) is 33.6 Å². The van der Waals surface area contributed by atoms with E-state index in [-0.39, 0.29) is 6.04 Å². The van der Waals surface area contributed by atoms with E-state index in [0.717, 1.165) is 30.4 Å². The van der Waals surface area contributed by atoms with Gasteiger partial charge in [0.05, 0.1) is 6.04 Å². The van der Waals surface area contributed by atoms with Crippen molar-refractivity contribution in [2.75, 3.05) is 19.7 Å². The smallest absolute Gasteiger partial charge is 0.188 e. The minimum absolute atomic E-state index is 0.262. The van der Waals surface area contributed by atoms with E-state index in [1.54, 1.807) is 0 Å². The van der Waals surface area contributed by atoms with Gasteiger partial charge in [-0.1, -0.05) is 23.7 Å². The summed E-state index contributed by atoms with van der Waals surface area (Å²) in [6, 6.07) is 8.26. The Hall–Kier alpha value is -1.06. The first-order valence-electron chi connectivity index (χ1n) is 6.97. The first-order valence-corrected chi connectivity index (χ1v) is 7.35. The molecule has 1 saturated heterocycles. The fourth-order valence-corrected chi connectivity index (χ4v) is 2.85. The average Bonchev–Trinajstić information content (AvgIpc) is 2.91. The summed E-state index contributed by atoms with van der Waals surface area (Å²) in [5, 5.41) is 4.19. The molecule has 0 spiro atoms. The van der Waals surface area contributed by atoms with Crippen LogP contribution in [0, 0.1) is 5.92 Å². The lowest BCUT2D eigenvalue weighted by atomic mass is 9.99. The quantitative estimate of drug-likeness (QED) is 0.922. The second-order valence-corrected chi connectivity index (χ2v) is 5.74. The highest BCUT2D eigenvalue weighted by Gasteiger charge is 2.27. The van der Waals surface area contributed by atoms with Crippen LogP contribution in [0.15, 0.2) is 29.3 Å². The number of rotatable bonds is 3. The third-order valence-electron chi connectivity index (χ3n) is 3.76. The van der Waals surface area contributed by atoms with Crippen molar-refractivity contribution in [3.8, 4) is 0 Å². The summed E-state index contributed by atoms with van der Waals surface area (Å²) in [6.07, 6.45) is 3.34. The molecule has 1 aromatic carbocycles. The fourth-order valence-electron chi connectivity index (χ4n) is 2.72. The summed E-state index contributed by atoms with van der Waals surface area (Å²) >= 11 is 5.89. The van der Waals surface area contributed by atoms with Gasteiger partial charge in [-0.05, 0) is 43.5 Å². The highest BCUT2D eigenvalue weighted by Crippen LogP contribution is 2.20. The molecule has 0 radical (unpaired) electrons. The number of nitrogens with zero attached hydrogens (tertiary/aromatic N) is 1. The Labute approximate surface area is 119 Å². The Morgan fingerprint density at radius 1 is 1.32 bits per heavy atom. The first kappa shape index (κ1) is 12.9. The number of halogens is 1. The van der Waals surface area contributed by atoms with Gasteiger partial charge in [0.25, 0.3) is 0 Å². The van der Waals surface area contributed by atoms with Crippen LogP contribution in [-0.2, 0) is 11.2 Å². The maximum absolute atomic E-state index is 5.89. The minimum Gasteiger partial charge on any atom is -0.478 e. The van der Waals surface area contributed by atoms with Gasteiger partial charge in [0.1, 0.15) is 6.61 Å². The summed E-state index contributed by atoms with van der Waals surface area (Å²) in [4.78, 5) is 4.75. The highest BCUT2D eigenvalue weighted by molar-refractivity contribution is 6.30. The molecule has 2 aliphatic heterocycles. The van der Waals surface area contributed by atoms with E-state index in [0.29, 0.717) is 12.5 Å². The number of benzene rings is 1. The third kappa shape index (κ3) is 3.28. The van der Waals surface area contributed by atoms with Crippen LogP contribution in [0.25, 0.3) is 0 Å². The maximum atomic E-state index is 5.89. The molecular weight excluding hydrogens is 260 g/mol. The molecule has 102 valence electrons. The molecule has 2 heterocycles. The van der Waals surface area contributed by atoms with Gasteiger partial charge in [0, 0.05) is 17.5 Å². The van der Waals surface area contributed by atoms with E-state index in [2.05, 4.69) is 17.4 Å². The van der Waals surface area contributed by atoms with E-state index in [1.165, 1.54) is 18.4 Å². The molecule has 2 atom stereocenters. The Kier molecular flexibility index (Phi) is 4.04. The number of aliphatic imine (C=N–C) groups is 1. The first-order chi connectivity index (χ1) is 9.31. The van der Waals surface area contributed by atoms with Crippen molar-refractivity contribution in [1.82, 2.24) is 5.32 Å². The van der Waals surface area contributed by atoms with Crippen LogP contribution in [0.4, 0.5) is 0 Å². The summed E-state index contributed by atoms with van der Waals surface area (Å²) < 4.78 is 5.78. The van der Waals surface area contributed by atoms with Crippen LogP contribution in [-0.4, -0.2) is 31.6 Å². The number of ether oxygens (including phenoxy) is 1. The van der Waals surface area contributed by atoms with Crippen molar-refractivity contribution in [2.45, 2.75) is 25.3 Å². The molecule has 4 heteroatoms. The van der Waals surface area contributed by atoms with Gasteiger partial charge in [0.2, 0.25) is 0 Å². The summed E-state index contributed by atoms with van der Waals surface area (Å²) in [5.74, 6) is 1.44. The van der Waals surface area contributed by atoms with Gasteiger partial charge in [-0.25, -0.2) is 4.99 Å². The molecule has 1 aromatic rings. The van der Waals surface area contributed by atoms with Gasteiger partial charge in [-0.2, -0.15) is 0 Å². The Bertz CT molecular complexity index is 452. The molecule has 3 nitrogen and oxygen atoms in total. The van der Waals surface area contributed by atoms with Crippen LogP contribution in [0.3, 0.4) is 0 Å². The Morgan fingerprint density at radius 3 is 2.89 bits per heavy atom. The van der Waals surface area contributed by atoms with Crippen molar-refractivity contribution in [3.05, 3.63) is 34.9 Å². The van der Waals surface area contributed by atoms with Crippen molar-refractivity contribution >= 4 is 17.5 Å². The van der Waals surface area contributed by atoms with Gasteiger partial charge in [-0.15, -0.1) is 0 Å². The molecule has 1 fully saturated rings. The molecule has 3 rings (SSSR count). The predicted molar refractivity (Wildman–Crippen MR) is 77.9 cm³/mol. The van der Waals surface area contributed by atoms with Crippen LogP contribution in [0.5, 0.6) is 0 Å². The molecule has 0 bridgehead atoms. The van der Waals surface area contributed by atoms with E-state index in [4.69, 9.17) is 21.3 Å².